The molecule has 2 heterocycles. The number of hydrogen-bond donors (Lipinski definition) is 0. The number of piperidine rings is 2. The van der Waals surface area contributed by atoms with Gasteiger partial charge in [0.05, 0.1) is 6.61 Å². The summed E-state index contributed by atoms with van der Waals surface area (Å²) in [4.78, 5) is 14.0. The summed E-state index contributed by atoms with van der Waals surface area (Å²) in [7, 11) is 0. The average molecular weight is 441 g/mol. The molecule has 0 spiro atoms. The molecule has 0 aromatic heterocycles. The molecule has 2 aliphatic heterocycles. The van der Waals surface area contributed by atoms with Crippen molar-refractivity contribution in [2.75, 3.05) is 51.8 Å². The molecule has 4 aliphatic rings. The topological polar surface area (TPSA) is 65.1 Å². The largest absolute Gasteiger partial charge is 0.598 e. The minimum Gasteiger partial charge on any atom is -0.598 e. The molecule has 2 saturated heterocycles. The first-order chi connectivity index (χ1) is 14.6. The highest BCUT2D eigenvalue weighted by atomic mass is 32.2. The van der Waals surface area contributed by atoms with Gasteiger partial charge in [-0.2, -0.15) is 0 Å². The molecule has 172 valence electrons. The van der Waals surface area contributed by atoms with Gasteiger partial charge in [-0.25, -0.2) is 4.79 Å². The highest BCUT2D eigenvalue weighted by Gasteiger charge is 2.43. The standard InChI is InChI=1S/C23H40N2O4S/c1-2-30(27)25-12-5-19(6-13-25)16-28-14-9-21-15-22(21)20-7-10-24(11-8-20)23(26)29-17-18-3-4-18/h18-22H,2-17H2,1H3/t21-,22-,30?/m1/s1. The van der Waals surface area contributed by atoms with Gasteiger partial charge in [-0.3, -0.25) is 0 Å². The number of carbonyl (C=O) groups excluding carboxylic acids is 1. The van der Waals surface area contributed by atoms with E-state index in [1.807, 2.05) is 11.8 Å². The van der Waals surface area contributed by atoms with E-state index in [1.165, 1.54) is 25.7 Å². The molecule has 6 nitrogen and oxygen atoms in total. The Bertz CT molecular complexity index is 545. The Labute approximate surface area is 185 Å². The molecule has 1 amide bonds. The van der Waals surface area contributed by atoms with Crippen LogP contribution in [0.4, 0.5) is 4.79 Å². The maximum Gasteiger partial charge on any atom is 0.409 e. The highest BCUT2D eigenvalue weighted by Crippen LogP contribution is 2.49. The van der Waals surface area contributed by atoms with Crippen LogP contribution in [0.3, 0.4) is 0 Å². The molecule has 0 aromatic carbocycles. The second-order valence-corrected chi connectivity index (χ2v) is 11.6. The van der Waals surface area contributed by atoms with Gasteiger partial charge in [-0.15, -0.1) is 4.31 Å². The fourth-order valence-electron chi connectivity index (χ4n) is 5.20. The van der Waals surface area contributed by atoms with E-state index in [1.54, 1.807) is 0 Å². The number of amides is 1. The molecule has 2 saturated carbocycles. The number of hydrogen-bond acceptors (Lipinski definition) is 5. The molecule has 0 N–H and O–H groups in total. The lowest BCUT2D eigenvalue weighted by Gasteiger charge is -2.31. The number of rotatable bonds is 10. The van der Waals surface area contributed by atoms with E-state index in [9.17, 15) is 9.35 Å². The Kier molecular flexibility index (Phi) is 8.23. The Morgan fingerprint density at radius 2 is 1.70 bits per heavy atom. The van der Waals surface area contributed by atoms with Gasteiger partial charge in [0.1, 0.15) is 5.75 Å². The van der Waals surface area contributed by atoms with Crippen molar-refractivity contribution in [1.82, 2.24) is 9.21 Å². The third-order valence-electron chi connectivity index (χ3n) is 7.61. The van der Waals surface area contributed by atoms with Crippen molar-refractivity contribution in [2.45, 2.75) is 58.3 Å². The molecule has 0 bridgehead atoms. The van der Waals surface area contributed by atoms with Gasteiger partial charge in [0, 0.05) is 50.8 Å². The van der Waals surface area contributed by atoms with E-state index in [-0.39, 0.29) is 6.09 Å². The predicted octanol–water partition coefficient (Wildman–Crippen LogP) is 3.68. The van der Waals surface area contributed by atoms with Crippen LogP contribution in [0.25, 0.3) is 0 Å². The summed E-state index contributed by atoms with van der Waals surface area (Å²) >= 11 is -0.782. The Morgan fingerprint density at radius 1 is 1.00 bits per heavy atom. The Morgan fingerprint density at radius 3 is 2.37 bits per heavy atom. The monoisotopic (exact) mass is 440 g/mol. The van der Waals surface area contributed by atoms with Crippen molar-refractivity contribution in [1.29, 1.82) is 0 Å². The van der Waals surface area contributed by atoms with E-state index in [2.05, 4.69) is 4.31 Å². The summed E-state index contributed by atoms with van der Waals surface area (Å²) in [5.41, 5.74) is 0. The molecule has 1 unspecified atom stereocenters. The maximum atomic E-state index is 12.1. The molecule has 0 radical (unpaired) electrons. The second-order valence-electron chi connectivity index (χ2n) is 9.85. The molecular formula is C23H40N2O4S. The van der Waals surface area contributed by atoms with Crippen molar-refractivity contribution < 1.29 is 18.8 Å². The van der Waals surface area contributed by atoms with Crippen LogP contribution in [0.1, 0.15) is 58.3 Å². The number of likely N-dealkylation sites (tertiary alicyclic amines) is 1. The van der Waals surface area contributed by atoms with Crippen LogP contribution >= 0.6 is 0 Å². The van der Waals surface area contributed by atoms with E-state index < -0.39 is 11.4 Å². The minimum atomic E-state index is -0.782. The molecular weight excluding hydrogens is 400 g/mol. The van der Waals surface area contributed by atoms with E-state index in [0.29, 0.717) is 18.4 Å². The lowest BCUT2D eigenvalue weighted by molar-refractivity contribution is 0.0722. The van der Waals surface area contributed by atoms with Crippen LogP contribution < -0.4 is 0 Å². The lowest BCUT2D eigenvalue weighted by Crippen LogP contribution is -2.40. The maximum absolute atomic E-state index is 12.1. The summed E-state index contributed by atoms with van der Waals surface area (Å²) < 4.78 is 25.4. The van der Waals surface area contributed by atoms with Gasteiger partial charge in [0.15, 0.2) is 0 Å². The SMILES string of the molecule is CC[S+]([O-])N1CCC(COCC[C@@H]2C[C@@H]2C2CCN(C(=O)OCC3CC3)CC2)CC1. The molecule has 30 heavy (non-hydrogen) atoms. The first kappa shape index (κ1) is 22.7. The van der Waals surface area contributed by atoms with Crippen LogP contribution in [0.2, 0.25) is 0 Å². The van der Waals surface area contributed by atoms with Crippen LogP contribution in [0.15, 0.2) is 0 Å². The normalized spacial score (nSPS) is 29.7. The molecule has 0 aromatic rings. The smallest absolute Gasteiger partial charge is 0.409 e. The fraction of sp³-hybridized carbons (Fsp3) is 0.957. The van der Waals surface area contributed by atoms with Crippen LogP contribution in [0.5, 0.6) is 0 Å². The molecule has 4 fully saturated rings. The molecule has 4 rings (SSSR count). The Hall–Kier alpha value is -0.500. The van der Waals surface area contributed by atoms with Gasteiger partial charge < -0.3 is 18.9 Å². The third-order valence-corrected chi connectivity index (χ3v) is 9.05. The lowest BCUT2D eigenvalue weighted by atomic mass is 9.91. The van der Waals surface area contributed by atoms with Crippen molar-refractivity contribution in [2.24, 2.45) is 29.6 Å². The second kappa shape index (κ2) is 10.9. The Balaban J connectivity index is 1.03. The van der Waals surface area contributed by atoms with Gasteiger partial charge in [0.25, 0.3) is 0 Å². The molecule has 2 aliphatic carbocycles. The summed E-state index contributed by atoms with van der Waals surface area (Å²) in [6.07, 6.45) is 9.39. The van der Waals surface area contributed by atoms with Gasteiger partial charge in [0.2, 0.25) is 0 Å². The fourth-order valence-corrected chi connectivity index (χ4v) is 6.19. The van der Waals surface area contributed by atoms with Crippen molar-refractivity contribution in [3.8, 4) is 0 Å². The van der Waals surface area contributed by atoms with Crippen molar-refractivity contribution in [3.63, 3.8) is 0 Å². The average Bonchev–Trinajstić information content (AvgIpc) is 3.71. The zero-order valence-corrected chi connectivity index (χ0v) is 19.5. The van der Waals surface area contributed by atoms with Crippen molar-refractivity contribution >= 4 is 17.5 Å². The first-order valence-electron chi connectivity index (χ1n) is 12.3. The van der Waals surface area contributed by atoms with Gasteiger partial charge in [-0.05, 0) is 87.9 Å². The zero-order chi connectivity index (χ0) is 20.9. The summed E-state index contributed by atoms with van der Waals surface area (Å²) in [6, 6.07) is 0. The highest BCUT2D eigenvalue weighted by molar-refractivity contribution is 7.89. The van der Waals surface area contributed by atoms with Gasteiger partial charge >= 0.3 is 6.09 Å². The predicted molar refractivity (Wildman–Crippen MR) is 118 cm³/mol. The minimum absolute atomic E-state index is 0.0899. The summed E-state index contributed by atoms with van der Waals surface area (Å²) in [5.74, 6) is 4.47. The number of ether oxygens (including phenoxy) is 2. The van der Waals surface area contributed by atoms with Crippen LogP contribution in [-0.2, 0) is 20.8 Å². The number of nitrogens with zero attached hydrogens (tertiary/aromatic N) is 2. The molecule has 7 heteroatoms. The zero-order valence-electron chi connectivity index (χ0n) is 18.6. The first-order valence-corrected chi connectivity index (χ1v) is 13.5. The van der Waals surface area contributed by atoms with E-state index in [4.69, 9.17) is 9.47 Å². The van der Waals surface area contributed by atoms with E-state index >= 15 is 0 Å². The van der Waals surface area contributed by atoms with Gasteiger partial charge in [-0.1, -0.05) is 0 Å². The number of carbonyl (C=O) groups is 1. The van der Waals surface area contributed by atoms with Crippen LogP contribution in [-0.4, -0.2) is 71.6 Å². The third kappa shape index (κ3) is 6.50. The quantitative estimate of drug-likeness (QED) is 0.383. The summed E-state index contributed by atoms with van der Waals surface area (Å²) in [6.45, 7) is 8.01. The summed E-state index contributed by atoms with van der Waals surface area (Å²) in [5, 5.41) is 0. The van der Waals surface area contributed by atoms with E-state index in [0.717, 1.165) is 88.6 Å². The molecule has 3 atom stereocenters. The van der Waals surface area contributed by atoms with Crippen molar-refractivity contribution in [3.05, 3.63) is 0 Å². The van der Waals surface area contributed by atoms with Crippen LogP contribution in [0, 0.1) is 29.6 Å².